The van der Waals surface area contributed by atoms with Crippen LogP contribution in [0, 0.1) is 17.0 Å². The van der Waals surface area contributed by atoms with Crippen LogP contribution in [0.25, 0.3) is 11.5 Å². The van der Waals surface area contributed by atoms with E-state index in [2.05, 4.69) is 5.32 Å². The Morgan fingerprint density at radius 2 is 1.94 bits per heavy atom. The summed E-state index contributed by atoms with van der Waals surface area (Å²) in [6.07, 6.45) is 3.27. The molecule has 0 aliphatic heterocycles. The largest absolute Gasteiger partial charge is 0.502 e. The minimum Gasteiger partial charge on any atom is -0.502 e. The quantitative estimate of drug-likeness (QED) is 0.125. The number of aliphatic hydroxyl groups is 2. The van der Waals surface area contributed by atoms with E-state index in [0.29, 0.717) is 21.8 Å². The maximum atomic E-state index is 11.3. The van der Waals surface area contributed by atoms with Crippen molar-refractivity contribution in [1.29, 1.82) is 0 Å². The Kier molecular flexibility index (Phi) is 6.96. The average Bonchev–Trinajstić information content (AvgIpc) is 2.75. The third-order valence-electron chi connectivity index (χ3n) is 4.52. The molecule has 0 saturated heterocycles. The fourth-order valence-corrected chi connectivity index (χ4v) is 3.36. The first-order valence-electron chi connectivity index (χ1n) is 9.17. The van der Waals surface area contributed by atoms with Crippen molar-refractivity contribution >= 4 is 51.6 Å². The number of nitrogens with one attached hydrogen (secondary N) is 1. The molecule has 3 rings (SSSR count). The minimum atomic E-state index is -0.504. The molecular formula is C22H19ClN3O4S+. The van der Waals surface area contributed by atoms with E-state index >= 15 is 0 Å². The van der Waals surface area contributed by atoms with Gasteiger partial charge in [-0.3, -0.25) is 10.1 Å². The number of aliphatic hydroxyl groups excluding tert-OH is 2. The van der Waals surface area contributed by atoms with Gasteiger partial charge in [-0.05, 0) is 37.3 Å². The maximum Gasteiger partial charge on any atom is 0.288 e. The topological polar surface area (TPSA) is 99.5 Å². The summed E-state index contributed by atoms with van der Waals surface area (Å²) in [5.41, 5.74) is 2.02. The standard InChI is InChI=1S/C22H18ClN3O4S/c1-14-4-5-16(11-19(14)26(29)30)21(28)20(25-10-2-3-15(12-25)13-27)22(31)24-18-8-6-17(23)7-9-18/h2-12,27H,13H2,1H3,(H-,24,28,31)/p+1. The minimum absolute atomic E-state index is 0.117. The van der Waals surface area contributed by atoms with Crippen LogP contribution in [0.2, 0.25) is 5.02 Å². The first-order valence-corrected chi connectivity index (χ1v) is 9.95. The van der Waals surface area contributed by atoms with E-state index in [1.54, 1.807) is 72.4 Å². The summed E-state index contributed by atoms with van der Waals surface area (Å²) in [6.45, 7) is 1.41. The molecule has 0 atom stereocenters. The second-order valence-corrected chi connectivity index (χ2v) is 7.54. The molecular weight excluding hydrogens is 438 g/mol. The zero-order valence-corrected chi connectivity index (χ0v) is 18.0. The van der Waals surface area contributed by atoms with Crippen molar-refractivity contribution in [2.45, 2.75) is 13.5 Å². The highest BCUT2D eigenvalue weighted by atomic mass is 35.5. The summed E-state index contributed by atoms with van der Waals surface area (Å²) in [4.78, 5) is 11.0. The van der Waals surface area contributed by atoms with Gasteiger partial charge in [-0.25, -0.2) is 0 Å². The molecule has 0 radical (unpaired) electrons. The van der Waals surface area contributed by atoms with Crippen molar-refractivity contribution in [1.82, 2.24) is 0 Å². The van der Waals surface area contributed by atoms with E-state index < -0.39 is 4.92 Å². The van der Waals surface area contributed by atoms with Crippen molar-refractivity contribution in [3.05, 3.63) is 98.8 Å². The number of anilines is 1. The maximum absolute atomic E-state index is 11.3. The molecule has 0 amide bonds. The molecule has 1 aromatic heterocycles. The molecule has 9 heteroatoms. The summed E-state index contributed by atoms with van der Waals surface area (Å²) < 4.78 is 1.55. The number of rotatable bonds is 6. The van der Waals surface area contributed by atoms with Crippen molar-refractivity contribution in [2.75, 3.05) is 5.32 Å². The third-order valence-corrected chi connectivity index (χ3v) is 5.07. The lowest BCUT2D eigenvalue weighted by molar-refractivity contribution is -0.576. The van der Waals surface area contributed by atoms with Gasteiger partial charge in [-0.1, -0.05) is 36.0 Å². The van der Waals surface area contributed by atoms with E-state index in [9.17, 15) is 20.3 Å². The Labute approximate surface area is 189 Å². The Hall–Kier alpha value is -3.33. The van der Waals surface area contributed by atoms with Crippen LogP contribution in [0.3, 0.4) is 0 Å². The molecule has 7 nitrogen and oxygen atoms in total. The predicted octanol–water partition coefficient (Wildman–Crippen LogP) is 4.66. The van der Waals surface area contributed by atoms with E-state index in [-0.39, 0.29) is 34.3 Å². The molecule has 0 aliphatic rings. The summed E-state index contributed by atoms with van der Waals surface area (Å²) in [7, 11) is 0. The molecule has 3 aromatic rings. The molecule has 0 unspecified atom stereocenters. The van der Waals surface area contributed by atoms with Gasteiger partial charge < -0.3 is 15.5 Å². The van der Waals surface area contributed by atoms with Gasteiger partial charge in [0.15, 0.2) is 23.1 Å². The molecule has 0 fully saturated rings. The second kappa shape index (κ2) is 9.65. The number of nitro groups is 1. The lowest BCUT2D eigenvalue weighted by Crippen LogP contribution is -2.39. The highest BCUT2D eigenvalue weighted by Crippen LogP contribution is 2.26. The SMILES string of the molecule is Cc1ccc(/C(O)=C(/C(=S)Nc2ccc(Cl)cc2)[n+]2cccc(CO)c2)cc1[N+](=O)[O-]. The Morgan fingerprint density at radius 1 is 1.23 bits per heavy atom. The number of nitrogens with zero attached hydrogens (tertiary/aromatic N) is 2. The number of nitro benzene ring substituents is 1. The van der Waals surface area contributed by atoms with Crippen LogP contribution in [0.1, 0.15) is 16.7 Å². The number of hydrogen-bond donors (Lipinski definition) is 3. The monoisotopic (exact) mass is 456 g/mol. The molecule has 158 valence electrons. The van der Waals surface area contributed by atoms with Crippen molar-refractivity contribution in [3.8, 4) is 0 Å². The number of hydrogen-bond acceptors (Lipinski definition) is 5. The zero-order valence-electron chi connectivity index (χ0n) is 16.4. The smallest absolute Gasteiger partial charge is 0.288 e. The van der Waals surface area contributed by atoms with Crippen LogP contribution >= 0.6 is 23.8 Å². The van der Waals surface area contributed by atoms with Gasteiger partial charge in [0.2, 0.25) is 0 Å². The number of benzene rings is 2. The summed E-state index contributed by atoms with van der Waals surface area (Å²) >= 11 is 11.5. The zero-order chi connectivity index (χ0) is 22.5. The van der Waals surface area contributed by atoms with Crippen LogP contribution in [-0.2, 0) is 6.61 Å². The van der Waals surface area contributed by atoms with Gasteiger partial charge in [-0.2, -0.15) is 4.57 Å². The molecule has 0 saturated carbocycles. The highest BCUT2D eigenvalue weighted by molar-refractivity contribution is 7.81. The molecule has 3 N–H and O–H groups in total. The summed E-state index contributed by atoms with van der Waals surface area (Å²) in [6, 6.07) is 14.7. The lowest BCUT2D eigenvalue weighted by atomic mass is 10.1. The van der Waals surface area contributed by atoms with Crippen LogP contribution < -0.4 is 9.88 Å². The number of aryl methyl sites for hydroxylation is 1. The molecule has 31 heavy (non-hydrogen) atoms. The van der Waals surface area contributed by atoms with Crippen LogP contribution in [-0.4, -0.2) is 20.1 Å². The van der Waals surface area contributed by atoms with Gasteiger partial charge in [0.05, 0.1) is 11.5 Å². The number of aromatic nitrogens is 1. The summed E-state index contributed by atoms with van der Waals surface area (Å²) in [5, 5.41) is 35.6. The molecule has 0 aliphatic carbocycles. The van der Waals surface area contributed by atoms with E-state index in [4.69, 9.17) is 23.8 Å². The Morgan fingerprint density at radius 3 is 2.58 bits per heavy atom. The molecule has 0 spiro atoms. The number of halogens is 1. The third kappa shape index (κ3) is 5.24. The Balaban J connectivity index is 2.14. The van der Waals surface area contributed by atoms with E-state index in [1.807, 2.05) is 0 Å². The van der Waals surface area contributed by atoms with Gasteiger partial charge in [0.25, 0.3) is 11.4 Å². The Bertz CT molecular complexity index is 1180. The van der Waals surface area contributed by atoms with Gasteiger partial charge >= 0.3 is 0 Å². The van der Waals surface area contributed by atoms with Gasteiger partial charge in [0.1, 0.15) is 0 Å². The second-order valence-electron chi connectivity index (χ2n) is 6.69. The molecule has 0 bridgehead atoms. The molecule has 1 heterocycles. The van der Waals surface area contributed by atoms with E-state index in [1.165, 1.54) is 6.07 Å². The summed E-state index contributed by atoms with van der Waals surface area (Å²) in [5.74, 6) is -0.255. The first kappa shape index (κ1) is 22.4. The highest BCUT2D eigenvalue weighted by Gasteiger charge is 2.26. The lowest BCUT2D eigenvalue weighted by Gasteiger charge is -2.11. The van der Waals surface area contributed by atoms with Crippen LogP contribution in [0.5, 0.6) is 0 Å². The fourth-order valence-electron chi connectivity index (χ4n) is 2.92. The van der Waals surface area contributed by atoms with Crippen LogP contribution in [0.15, 0.2) is 67.0 Å². The first-order chi connectivity index (χ1) is 14.8. The van der Waals surface area contributed by atoms with Crippen LogP contribution in [0.4, 0.5) is 11.4 Å². The van der Waals surface area contributed by atoms with Gasteiger partial charge in [0, 0.05) is 39.5 Å². The van der Waals surface area contributed by atoms with Crippen molar-refractivity contribution in [2.24, 2.45) is 0 Å². The van der Waals surface area contributed by atoms with Gasteiger partial charge in [-0.15, -0.1) is 0 Å². The average molecular weight is 457 g/mol. The normalized spacial score (nSPS) is 11.6. The molecule has 2 aromatic carbocycles. The number of pyridine rings is 1. The predicted molar refractivity (Wildman–Crippen MR) is 124 cm³/mol. The van der Waals surface area contributed by atoms with E-state index in [0.717, 1.165) is 0 Å². The fraction of sp³-hybridized carbons (Fsp3) is 0.0909. The van der Waals surface area contributed by atoms with Crippen molar-refractivity contribution < 1.29 is 19.7 Å². The number of thiocarbonyl (C=S) groups is 1. The van der Waals surface area contributed by atoms with Crippen molar-refractivity contribution in [3.63, 3.8) is 0 Å².